The molecular weight excluding hydrogens is 362 g/mol. The van der Waals surface area contributed by atoms with Crippen molar-refractivity contribution in [3.05, 3.63) is 26.6 Å². The highest BCUT2D eigenvalue weighted by Crippen LogP contribution is 2.34. The van der Waals surface area contributed by atoms with Crippen molar-refractivity contribution in [3.8, 4) is 12.3 Å². The number of ether oxygens (including phenoxy) is 1. The third-order valence-electron chi connectivity index (χ3n) is 5.23. The number of H-pyrrole nitrogens is 1. The van der Waals surface area contributed by atoms with Gasteiger partial charge in [-0.1, -0.05) is 5.92 Å². The molecule has 2 aromatic rings. The highest BCUT2D eigenvalue weighted by Gasteiger charge is 2.31. The maximum atomic E-state index is 12.7. The Kier molecular flexibility index (Phi) is 5.60. The van der Waals surface area contributed by atoms with E-state index in [2.05, 4.69) is 15.8 Å². The van der Waals surface area contributed by atoms with Gasteiger partial charge in [-0.05, 0) is 44.1 Å². The molecule has 2 N–H and O–H groups in total. The van der Waals surface area contributed by atoms with Gasteiger partial charge in [-0.15, -0.1) is 17.8 Å². The number of nitrogens with one attached hydrogen (secondary N) is 1. The highest BCUT2D eigenvalue weighted by atomic mass is 32.1. The summed E-state index contributed by atoms with van der Waals surface area (Å²) in [4.78, 5) is 24.8. The van der Waals surface area contributed by atoms with Gasteiger partial charge in [0.05, 0.1) is 24.6 Å². The van der Waals surface area contributed by atoms with E-state index in [1.807, 2.05) is 0 Å². The van der Waals surface area contributed by atoms with Crippen molar-refractivity contribution in [1.82, 2.24) is 14.9 Å². The minimum absolute atomic E-state index is 0.0250. The van der Waals surface area contributed by atoms with Crippen LogP contribution in [-0.4, -0.2) is 51.9 Å². The van der Waals surface area contributed by atoms with Crippen LogP contribution in [0.1, 0.15) is 41.9 Å². The largest absolute Gasteiger partial charge is 0.389 e. The zero-order valence-corrected chi connectivity index (χ0v) is 16.2. The summed E-state index contributed by atoms with van der Waals surface area (Å²) >= 11 is 1.67. The second kappa shape index (κ2) is 8.11. The summed E-state index contributed by atoms with van der Waals surface area (Å²) in [6.07, 6.45) is 11.2. The van der Waals surface area contributed by atoms with Crippen molar-refractivity contribution in [2.24, 2.45) is 0 Å². The maximum absolute atomic E-state index is 12.7. The number of aromatic nitrogens is 2. The molecule has 27 heavy (non-hydrogen) atoms. The van der Waals surface area contributed by atoms with Gasteiger partial charge in [-0.2, -0.15) is 0 Å². The van der Waals surface area contributed by atoms with Crippen LogP contribution in [0.2, 0.25) is 0 Å². The van der Waals surface area contributed by atoms with Crippen molar-refractivity contribution < 1.29 is 9.84 Å². The summed E-state index contributed by atoms with van der Waals surface area (Å²) in [5.41, 5.74) is 1.18. The van der Waals surface area contributed by atoms with Crippen LogP contribution >= 0.6 is 11.3 Å². The molecule has 0 unspecified atom stereocenters. The van der Waals surface area contributed by atoms with E-state index in [1.54, 1.807) is 11.3 Å². The molecule has 7 heteroatoms. The number of rotatable bonds is 8. The summed E-state index contributed by atoms with van der Waals surface area (Å²) in [5, 5.41) is 11.0. The second-order valence-electron chi connectivity index (χ2n) is 7.44. The van der Waals surface area contributed by atoms with Crippen molar-refractivity contribution in [1.29, 1.82) is 0 Å². The van der Waals surface area contributed by atoms with Crippen LogP contribution in [0.5, 0.6) is 0 Å². The molecule has 0 amide bonds. The average Bonchev–Trinajstić information content (AvgIpc) is 3.42. The standard InChI is InChI=1S/C20H25N3O3S/c1-2-9-26-12-14(24)10-23(13-7-8-13)11-17-21-19(25)18-15-5-3-4-6-16(15)27-20(18)22-17/h1,13-14,24H,3-12H2,(H,21,22,25)/t14-/m1/s1. The molecule has 2 aliphatic carbocycles. The number of hydrogen-bond donors (Lipinski definition) is 2. The Hall–Kier alpha value is -1.72. The topological polar surface area (TPSA) is 78.5 Å². The van der Waals surface area contributed by atoms with Crippen LogP contribution in [0.25, 0.3) is 10.2 Å². The van der Waals surface area contributed by atoms with Crippen LogP contribution in [0.4, 0.5) is 0 Å². The lowest BCUT2D eigenvalue weighted by atomic mass is 9.97. The molecule has 2 aromatic heterocycles. The van der Waals surface area contributed by atoms with Crippen molar-refractivity contribution >= 4 is 21.6 Å². The van der Waals surface area contributed by atoms with Gasteiger partial charge in [0.1, 0.15) is 17.3 Å². The summed E-state index contributed by atoms with van der Waals surface area (Å²) in [5.74, 6) is 3.08. The van der Waals surface area contributed by atoms with Crippen LogP contribution in [0.3, 0.4) is 0 Å². The Morgan fingerprint density at radius 2 is 2.22 bits per heavy atom. The van der Waals surface area contributed by atoms with Crippen LogP contribution in [0.15, 0.2) is 4.79 Å². The van der Waals surface area contributed by atoms with E-state index in [0.717, 1.165) is 42.3 Å². The average molecular weight is 388 g/mol. The third kappa shape index (κ3) is 4.25. The minimum Gasteiger partial charge on any atom is -0.389 e. The SMILES string of the molecule is C#CCOC[C@H](O)CN(Cc1nc2sc3c(c2c(=O)[nH]1)CCCC3)C1CC1. The number of terminal acetylenes is 1. The van der Waals surface area contributed by atoms with E-state index < -0.39 is 6.10 Å². The molecule has 1 fully saturated rings. The molecule has 0 radical (unpaired) electrons. The summed E-state index contributed by atoms with van der Waals surface area (Å²) in [7, 11) is 0. The van der Waals surface area contributed by atoms with Gasteiger partial charge in [0.15, 0.2) is 0 Å². The smallest absolute Gasteiger partial charge is 0.259 e. The molecule has 2 aliphatic rings. The number of aliphatic hydroxyl groups is 1. The molecule has 0 aliphatic heterocycles. The van der Waals surface area contributed by atoms with Crippen LogP contribution < -0.4 is 5.56 Å². The fraction of sp³-hybridized carbons (Fsp3) is 0.600. The Labute approximate surface area is 162 Å². The highest BCUT2D eigenvalue weighted by molar-refractivity contribution is 7.18. The van der Waals surface area contributed by atoms with E-state index in [-0.39, 0.29) is 18.8 Å². The molecular formula is C20H25N3O3S. The van der Waals surface area contributed by atoms with Crippen molar-refractivity contribution in [2.75, 3.05) is 19.8 Å². The lowest BCUT2D eigenvalue weighted by Crippen LogP contribution is -2.37. The first-order valence-electron chi connectivity index (χ1n) is 9.62. The van der Waals surface area contributed by atoms with Crippen LogP contribution in [-0.2, 0) is 24.1 Å². The lowest BCUT2D eigenvalue weighted by Gasteiger charge is -2.24. The molecule has 1 saturated carbocycles. The number of aryl methyl sites for hydroxylation is 2. The molecule has 0 spiro atoms. The third-order valence-corrected chi connectivity index (χ3v) is 6.42. The quantitative estimate of drug-likeness (QED) is 0.534. The van der Waals surface area contributed by atoms with E-state index in [9.17, 15) is 9.90 Å². The first-order chi connectivity index (χ1) is 13.2. The molecule has 0 bridgehead atoms. The summed E-state index contributed by atoms with van der Waals surface area (Å²) in [6.45, 7) is 1.44. The zero-order chi connectivity index (χ0) is 18.8. The monoisotopic (exact) mass is 387 g/mol. The zero-order valence-electron chi connectivity index (χ0n) is 15.4. The second-order valence-corrected chi connectivity index (χ2v) is 8.52. The first-order valence-corrected chi connectivity index (χ1v) is 10.4. The predicted octanol–water partition coefficient (Wildman–Crippen LogP) is 1.84. The number of aromatic amines is 1. The number of thiophene rings is 1. The van der Waals surface area contributed by atoms with E-state index in [4.69, 9.17) is 16.1 Å². The maximum Gasteiger partial charge on any atom is 0.259 e. The van der Waals surface area contributed by atoms with Gasteiger partial charge in [0.25, 0.3) is 5.56 Å². The molecule has 6 nitrogen and oxygen atoms in total. The Balaban J connectivity index is 1.51. The summed E-state index contributed by atoms with van der Waals surface area (Å²) in [6, 6.07) is 0.435. The molecule has 0 saturated heterocycles. The molecule has 0 aromatic carbocycles. The number of fused-ring (bicyclic) bond motifs is 3. The Morgan fingerprint density at radius 1 is 1.41 bits per heavy atom. The molecule has 4 rings (SSSR count). The predicted molar refractivity (Wildman–Crippen MR) is 106 cm³/mol. The van der Waals surface area contributed by atoms with Gasteiger partial charge in [0, 0.05) is 17.5 Å². The Morgan fingerprint density at radius 3 is 3.00 bits per heavy atom. The van der Waals surface area contributed by atoms with Crippen LogP contribution in [0, 0.1) is 12.3 Å². The number of nitrogens with zero attached hydrogens (tertiary/aromatic N) is 2. The van der Waals surface area contributed by atoms with Crippen molar-refractivity contribution in [2.45, 2.75) is 57.2 Å². The van der Waals surface area contributed by atoms with Gasteiger partial charge in [-0.25, -0.2) is 4.98 Å². The van der Waals surface area contributed by atoms with Crippen molar-refractivity contribution in [3.63, 3.8) is 0 Å². The normalized spacial score (nSPS) is 17.8. The number of aliphatic hydroxyl groups excluding tert-OH is 1. The van der Waals surface area contributed by atoms with Gasteiger partial charge < -0.3 is 14.8 Å². The number of hydrogen-bond acceptors (Lipinski definition) is 6. The van der Waals surface area contributed by atoms with E-state index in [0.29, 0.717) is 25.0 Å². The minimum atomic E-state index is -0.608. The van der Waals surface area contributed by atoms with E-state index >= 15 is 0 Å². The Bertz CT molecular complexity index is 910. The summed E-state index contributed by atoms with van der Waals surface area (Å²) < 4.78 is 5.23. The molecule has 2 heterocycles. The lowest BCUT2D eigenvalue weighted by molar-refractivity contribution is 0.0237. The molecule has 144 valence electrons. The van der Waals surface area contributed by atoms with Gasteiger partial charge in [-0.3, -0.25) is 9.69 Å². The fourth-order valence-corrected chi connectivity index (χ4v) is 5.12. The van der Waals surface area contributed by atoms with E-state index in [1.165, 1.54) is 16.9 Å². The van der Waals surface area contributed by atoms with Gasteiger partial charge in [0.2, 0.25) is 0 Å². The van der Waals surface area contributed by atoms with Gasteiger partial charge >= 0.3 is 0 Å². The molecule has 1 atom stereocenters. The fourth-order valence-electron chi connectivity index (χ4n) is 3.84. The first kappa shape index (κ1) is 18.6.